The van der Waals surface area contributed by atoms with Crippen LogP contribution < -0.4 is 10.4 Å². The summed E-state index contributed by atoms with van der Waals surface area (Å²) in [5.74, 6) is -1.69. The first-order valence-electron chi connectivity index (χ1n) is 7.75. The first kappa shape index (κ1) is 19.3. The zero-order chi connectivity index (χ0) is 18.6. The summed E-state index contributed by atoms with van der Waals surface area (Å²) < 4.78 is 0. The maximum Gasteiger partial charge on any atom is 0.221 e. The van der Waals surface area contributed by atoms with E-state index in [1.165, 1.54) is 6.92 Å². The van der Waals surface area contributed by atoms with Gasteiger partial charge in [0, 0.05) is 11.8 Å². The van der Waals surface area contributed by atoms with E-state index in [1.807, 2.05) is 0 Å². The Morgan fingerprint density at radius 3 is 2.32 bits per heavy atom. The summed E-state index contributed by atoms with van der Waals surface area (Å²) in [4.78, 5) is 24.1. The third-order valence-electron chi connectivity index (χ3n) is 4.20. The quantitative estimate of drug-likeness (QED) is 0.838. The van der Waals surface area contributed by atoms with Crippen LogP contribution in [0, 0.1) is 0 Å². The van der Waals surface area contributed by atoms with Crippen molar-refractivity contribution in [1.29, 1.82) is 0 Å². The molecule has 0 spiro atoms. The number of nitrogens with one attached hydrogen (secondary N) is 1. The van der Waals surface area contributed by atoms with Crippen molar-refractivity contribution in [2.75, 3.05) is 0 Å². The first-order valence-corrected chi connectivity index (χ1v) is 8.51. The largest absolute Gasteiger partial charge is 0.549 e. The van der Waals surface area contributed by atoms with Crippen LogP contribution in [0.4, 0.5) is 0 Å². The molecule has 2 rings (SSSR count). The lowest BCUT2D eigenvalue weighted by atomic mass is 9.79. The average Bonchev–Trinajstić information content (AvgIpc) is 2.57. The van der Waals surface area contributed by atoms with Gasteiger partial charge in [-0.25, -0.2) is 0 Å². The Kier molecular flexibility index (Phi) is 6.09. The molecule has 0 saturated carbocycles. The van der Waals surface area contributed by atoms with E-state index in [2.05, 4.69) is 5.32 Å². The summed E-state index contributed by atoms with van der Waals surface area (Å²) >= 11 is 11.9. The maximum absolute atomic E-state index is 12.4. The second-order valence-electron chi connectivity index (χ2n) is 6.13. The predicted octanol–water partition coefficient (Wildman–Crippen LogP) is 3.27. The van der Waals surface area contributed by atoms with Crippen LogP contribution >= 0.6 is 23.2 Å². The van der Waals surface area contributed by atoms with Gasteiger partial charge in [0.1, 0.15) is 0 Å². The predicted molar refractivity (Wildman–Crippen MR) is 96.4 cm³/mol. The van der Waals surface area contributed by atoms with Gasteiger partial charge in [-0.15, -0.1) is 0 Å². The van der Waals surface area contributed by atoms with E-state index >= 15 is 0 Å². The minimum atomic E-state index is -1.41. The second kappa shape index (κ2) is 7.89. The van der Waals surface area contributed by atoms with E-state index in [4.69, 9.17) is 23.2 Å². The molecule has 0 aliphatic rings. The number of benzene rings is 2. The van der Waals surface area contributed by atoms with Crippen molar-refractivity contribution in [1.82, 2.24) is 5.32 Å². The van der Waals surface area contributed by atoms with Gasteiger partial charge in [-0.05, 0) is 37.1 Å². The topological polar surface area (TPSA) is 69.2 Å². The van der Waals surface area contributed by atoms with Gasteiger partial charge in [-0.1, -0.05) is 59.6 Å². The van der Waals surface area contributed by atoms with E-state index in [-0.39, 0.29) is 12.5 Å². The molecule has 6 heteroatoms. The second-order valence-corrected chi connectivity index (χ2v) is 6.94. The van der Waals surface area contributed by atoms with Crippen LogP contribution in [0.3, 0.4) is 0 Å². The number of carboxylic acid groups (broad SMARTS) is 1. The summed E-state index contributed by atoms with van der Waals surface area (Å²) in [7, 11) is 0. The molecule has 0 aromatic heterocycles. The molecule has 1 amide bonds. The molecule has 2 aromatic rings. The van der Waals surface area contributed by atoms with Gasteiger partial charge >= 0.3 is 0 Å². The highest BCUT2D eigenvalue weighted by atomic mass is 35.5. The molecule has 0 aliphatic carbocycles. The smallest absolute Gasteiger partial charge is 0.221 e. The number of rotatable bonds is 6. The fraction of sp³-hybridized carbons (Fsp3) is 0.263. The number of carboxylic acids is 1. The normalized spacial score (nSPS) is 14.4. The minimum Gasteiger partial charge on any atom is -0.549 e. The summed E-state index contributed by atoms with van der Waals surface area (Å²) in [6, 6.07) is 13.3. The van der Waals surface area contributed by atoms with Crippen molar-refractivity contribution in [3.05, 3.63) is 69.7 Å². The molecule has 0 unspecified atom stereocenters. The van der Waals surface area contributed by atoms with Gasteiger partial charge in [0.2, 0.25) is 5.91 Å². The zero-order valence-electron chi connectivity index (χ0n) is 13.9. The van der Waals surface area contributed by atoms with Crippen molar-refractivity contribution in [2.24, 2.45) is 0 Å². The van der Waals surface area contributed by atoms with E-state index in [0.717, 1.165) is 5.56 Å². The van der Waals surface area contributed by atoms with E-state index < -0.39 is 17.3 Å². The van der Waals surface area contributed by atoms with Crippen LogP contribution in [0.25, 0.3) is 0 Å². The molecule has 4 nitrogen and oxygen atoms in total. The van der Waals surface area contributed by atoms with E-state index in [0.29, 0.717) is 15.6 Å². The average molecular weight is 379 g/mol. The summed E-state index contributed by atoms with van der Waals surface area (Å²) in [5.41, 5.74) is -0.118. The van der Waals surface area contributed by atoms with Gasteiger partial charge in [0.25, 0.3) is 0 Å². The van der Waals surface area contributed by atoms with Crippen molar-refractivity contribution in [2.45, 2.75) is 31.7 Å². The monoisotopic (exact) mass is 378 g/mol. The van der Waals surface area contributed by atoms with Gasteiger partial charge in [-0.2, -0.15) is 0 Å². The van der Waals surface area contributed by atoms with Crippen molar-refractivity contribution in [3.8, 4) is 0 Å². The molecule has 0 saturated heterocycles. The molecule has 0 radical (unpaired) electrons. The number of carbonyl (C=O) groups is 2. The SMILES string of the molecule is C[C@@H](NC(=O)C[C@](C)(C(=O)[O-])c1ccccc1)c1ccc(Cl)c(Cl)c1. The van der Waals surface area contributed by atoms with Crippen LogP contribution in [0.5, 0.6) is 0 Å². The van der Waals surface area contributed by atoms with Gasteiger partial charge in [0.15, 0.2) is 0 Å². The van der Waals surface area contributed by atoms with Crippen molar-refractivity contribution < 1.29 is 14.7 Å². The van der Waals surface area contributed by atoms with Crippen LogP contribution in [-0.4, -0.2) is 11.9 Å². The van der Waals surface area contributed by atoms with Crippen LogP contribution in [0.1, 0.15) is 37.4 Å². The number of hydrogen-bond donors (Lipinski definition) is 1. The Morgan fingerprint density at radius 1 is 1.12 bits per heavy atom. The Bertz CT molecular complexity index is 779. The summed E-state index contributed by atoms with van der Waals surface area (Å²) in [6.45, 7) is 3.28. The van der Waals surface area contributed by atoms with Crippen LogP contribution in [0.15, 0.2) is 48.5 Å². The molecule has 0 heterocycles. The number of aliphatic carboxylic acids is 1. The fourth-order valence-corrected chi connectivity index (χ4v) is 2.88. The standard InChI is InChI=1S/C19H19Cl2NO3/c1-12(13-8-9-15(20)16(21)10-13)22-17(23)11-19(2,18(24)25)14-6-4-3-5-7-14/h3-10,12H,11H2,1-2H3,(H,22,23)(H,24,25)/p-1/t12-,19+/m1/s1. The van der Waals surface area contributed by atoms with E-state index in [9.17, 15) is 14.7 Å². The fourth-order valence-electron chi connectivity index (χ4n) is 2.58. The Morgan fingerprint density at radius 2 is 1.76 bits per heavy atom. The Hall–Kier alpha value is -2.04. The molecule has 1 N–H and O–H groups in total. The van der Waals surface area contributed by atoms with Crippen molar-refractivity contribution >= 4 is 35.1 Å². The van der Waals surface area contributed by atoms with E-state index in [1.54, 1.807) is 55.5 Å². The van der Waals surface area contributed by atoms with Crippen LogP contribution in [-0.2, 0) is 15.0 Å². The summed E-state index contributed by atoms with van der Waals surface area (Å²) in [5, 5.41) is 15.3. The third kappa shape index (κ3) is 4.53. The zero-order valence-corrected chi connectivity index (χ0v) is 15.4. The number of carbonyl (C=O) groups excluding carboxylic acids is 2. The van der Waals surface area contributed by atoms with Gasteiger partial charge < -0.3 is 15.2 Å². The molecule has 25 heavy (non-hydrogen) atoms. The Labute approximate surface area is 156 Å². The first-order chi connectivity index (χ1) is 11.7. The molecule has 132 valence electrons. The highest BCUT2D eigenvalue weighted by Gasteiger charge is 2.31. The van der Waals surface area contributed by atoms with Gasteiger partial charge in [0.05, 0.1) is 22.1 Å². The van der Waals surface area contributed by atoms with Crippen LogP contribution in [0.2, 0.25) is 10.0 Å². The van der Waals surface area contributed by atoms with Gasteiger partial charge in [-0.3, -0.25) is 4.79 Å². The number of halogens is 2. The lowest BCUT2D eigenvalue weighted by Gasteiger charge is -2.31. The Balaban J connectivity index is 2.14. The minimum absolute atomic E-state index is 0.231. The third-order valence-corrected chi connectivity index (χ3v) is 4.94. The highest BCUT2D eigenvalue weighted by Crippen LogP contribution is 2.28. The lowest BCUT2D eigenvalue weighted by Crippen LogP contribution is -2.47. The number of hydrogen-bond acceptors (Lipinski definition) is 3. The molecule has 0 aliphatic heterocycles. The highest BCUT2D eigenvalue weighted by molar-refractivity contribution is 6.42. The molecular weight excluding hydrogens is 361 g/mol. The molecule has 0 bridgehead atoms. The maximum atomic E-state index is 12.4. The molecule has 2 aromatic carbocycles. The number of amides is 1. The molecule has 2 atom stereocenters. The molecule has 0 fully saturated rings. The summed E-state index contributed by atoms with van der Waals surface area (Å²) in [6.07, 6.45) is -0.231. The lowest BCUT2D eigenvalue weighted by molar-refractivity contribution is -0.313. The molecular formula is C19H18Cl2NO3-. The van der Waals surface area contributed by atoms with Crippen molar-refractivity contribution in [3.63, 3.8) is 0 Å².